The van der Waals surface area contributed by atoms with E-state index in [2.05, 4.69) is 20.5 Å². The lowest BCUT2D eigenvalue weighted by atomic mass is 10.1. The highest BCUT2D eigenvalue weighted by atomic mass is 16.5. The molecule has 7 heteroatoms. The monoisotopic (exact) mass is 338 g/mol. The third kappa shape index (κ3) is 3.60. The summed E-state index contributed by atoms with van der Waals surface area (Å²) < 4.78 is 5.07. The molecule has 1 aromatic heterocycles. The lowest BCUT2D eigenvalue weighted by Crippen LogP contribution is -2.10. The average Bonchev–Trinajstić information content (AvgIpc) is 2.95. The fourth-order valence-electron chi connectivity index (χ4n) is 2.47. The van der Waals surface area contributed by atoms with Crippen molar-refractivity contribution in [2.24, 2.45) is 10.2 Å². The Hall–Kier alpha value is -3.35. The number of anilines is 1. The summed E-state index contributed by atoms with van der Waals surface area (Å²) in [6, 6.07) is 12.8. The maximum absolute atomic E-state index is 11.9. The topological polar surface area (TPSA) is 99.1 Å². The highest BCUT2D eigenvalue weighted by molar-refractivity contribution is 5.96. The molecule has 0 aliphatic heterocycles. The number of hydrogen-bond donors (Lipinski definition) is 3. The van der Waals surface area contributed by atoms with E-state index in [0.29, 0.717) is 0 Å². The molecule has 7 nitrogen and oxygen atoms in total. The number of hydrogen-bond acceptors (Lipinski definition) is 5. The van der Waals surface area contributed by atoms with E-state index >= 15 is 0 Å². The Bertz CT molecular complexity index is 929. The second-order valence-electron chi connectivity index (χ2n) is 5.50. The number of H-pyrrole nitrogens is 1. The molecule has 0 bridgehead atoms. The molecular formula is C18H18N4O3. The number of ether oxygens (including phenoxy) is 1. The highest BCUT2D eigenvalue weighted by Crippen LogP contribution is 2.36. The summed E-state index contributed by atoms with van der Waals surface area (Å²) in [5, 5.41) is 21.2. The molecule has 0 fully saturated rings. The van der Waals surface area contributed by atoms with Crippen LogP contribution in [0.4, 0.5) is 11.4 Å². The van der Waals surface area contributed by atoms with Crippen molar-refractivity contribution < 1.29 is 14.6 Å². The number of aromatic nitrogens is 1. The normalized spacial score (nSPS) is 11.1. The van der Waals surface area contributed by atoms with Gasteiger partial charge in [0.25, 0.3) is 5.91 Å². The number of methoxy groups -OCH3 is 1. The van der Waals surface area contributed by atoms with Crippen LogP contribution < -0.4 is 10.1 Å². The van der Waals surface area contributed by atoms with Crippen LogP contribution in [-0.2, 0) is 4.79 Å². The molecule has 3 rings (SSSR count). The van der Waals surface area contributed by atoms with E-state index in [1.165, 1.54) is 0 Å². The van der Waals surface area contributed by atoms with Crippen LogP contribution in [0.5, 0.6) is 11.6 Å². The smallest absolute Gasteiger partial charge is 0.283 e. The van der Waals surface area contributed by atoms with Crippen molar-refractivity contribution in [2.45, 2.75) is 6.92 Å². The Balaban J connectivity index is 1.68. The number of azo groups is 1. The second-order valence-corrected chi connectivity index (χ2v) is 5.50. The molecule has 3 aromatic rings. The van der Waals surface area contributed by atoms with E-state index in [-0.39, 0.29) is 18.1 Å². The van der Waals surface area contributed by atoms with Gasteiger partial charge in [-0.1, -0.05) is 18.2 Å². The predicted octanol–water partition coefficient (Wildman–Crippen LogP) is 3.91. The van der Waals surface area contributed by atoms with Crippen molar-refractivity contribution in [2.75, 3.05) is 19.0 Å². The minimum Gasteiger partial charge on any atom is -0.497 e. The van der Waals surface area contributed by atoms with Crippen LogP contribution in [0, 0.1) is 6.92 Å². The minimum atomic E-state index is -0.447. The first-order valence-corrected chi connectivity index (χ1v) is 7.71. The number of aryl methyl sites for hydroxylation is 1. The Labute approximate surface area is 144 Å². The number of nitrogens with zero attached hydrogens (tertiary/aromatic N) is 2. The van der Waals surface area contributed by atoms with Crippen LogP contribution >= 0.6 is 0 Å². The molecule has 0 aliphatic rings. The van der Waals surface area contributed by atoms with E-state index in [9.17, 15) is 9.90 Å². The maximum Gasteiger partial charge on any atom is 0.283 e. The molecular weight excluding hydrogens is 320 g/mol. The number of benzene rings is 2. The number of carbonyl (C=O) groups excluding carboxylic acids is 1. The summed E-state index contributed by atoms with van der Waals surface area (Å²) >= 11 is 0. The number of nitrogens with one attached hydrogen (secondary N) is 2. The Morgan fingerprint density at radius 1 is 1.24 bits per heavy atom. The van der Waals surface area contributed by atoms with E-state index in [0.717, 1.165) is 27.9 Å². The van der Waals surface area contributed by atoms with Crippen molar-refractivity contribution in [1.29, 1.82) is 0 Å². The number of aromatic hydroxyl groups is 1. The van der Waals surface area contributed by atoms with E-state index in [1.807, 2.05) is 25.1 Å². The number of para-hydroxylation sites is 1. The van der Waals surface area contributed by atoms with Gasteiger partial charge in [-0.05, 0) is 36.8 Å². The molecule has 3 N–H and O–H groups in total. The first kappa shape index (κ1) is 16.5. The van der Waals surface area contributed by atoms with Gasteiger partial charge in [0, 0.05) is 11.1 Å². The van der Waals surface area contributed by atoms with E-state index in [1.54, 1.807) is 31.4 Å². The Kier molecular flexibility index (Phi) is 4.65. The minimum absolute atomic E-state index is 0.00201. The van der Waals surface area contributed by atoms with Gasteiger partial charge in [0.2, 0.25) is 5.88 Å². The summed E-state index contributed by atoms with van der Waals surface area (Å²) in [4.78, 5) is 14.8. The Morgan fingerprint density at radius 2 is 2.00 bits per heavy atom. The van der Waals surface area contributed by atoms with Gasteiger partial charge in [-0.15, -0.1) is 10.2 Å². The second kappa shape index (κ2) is 7.04. The molecule has 128 valence electrons. The van der Waals surface area contributed by atoms with Crippen LogP contribution in [-0.4, -0.2) is 29.7 Å². The largest absolute Gasteiger partial charge is 0.497 e. The maximum atomic E-state index is 11.9. The van der Waals surface area contributed by atoms with Gasteiger partial charge < -0.3 is 20.1 Å². The van der Waals surface area contributed by atoms with Gasteiger partial charge in [-0.25, -0.2) is 0 Å². The van der Waals surface area contributed by atoms with Crippen LogP contribution in [0.25, 0.3) is 10.9 Å². The van der Waals surface area contributed by atoms with Gasteiger partial charge in [-0.3, -0.25) is 4.79 Å². The zero-order valence-corrected chi connectivity index (χ0v) is 13.9. The number of rotatable bonds is 5. The van der Waals surface area contributed by atoms with E-state index in [4.69, 9.17) is 4.74 Å². The van der Waals surface area contributed by atoms with Crippen LogP contribution in [0.3, 0.4) is 0 Å². The van der Waals surface area contributed by atoms with Crippen LogP contribution in [0.15, 0.2) is 52.7 Å². The van der Waals surface area contributed by atoms with Gasteiger partial charge in [0.15, 0.2) is 5.69 Å². The van der Waals surface area contributed by atoms with Gasteiger partial charge in [-0.2, -0.15) is 0 Å². The number of aromatic amines is 1. The molecule has 2 aromatic carbocycles. The number of amides is 1. The first-order chi connectivity index (χ1) is 12.1. The molecule has 1 amide bonds. The van der Waals surface area contributed by atoms with Gasteiger partial charge in [0.05, 0.1) is 19.2 Å². The molecule has 25 heavy (non-hydrogen) atoms. The fourth-order valence-corrected chi connectivity index (χ4v) is 2.47. The van der Waals surface area contributed by atoms with Crippen molar-refractivity contribution in [3.05, 3.63) is 48.0 Å². The summed E-state index contributed by atoms with van der Waals surface area (Å²) in [6.07, 6.45) is 0. The SMILES string of the molecule is COc1ccc(NCC(=O)N=Nc2c(O)[nH]c3c(C)cccc23)cc1. The molecule has 0 saturated heterocycles. The zero-order valence-electron chi connectivity index (χ0n) is 13.9. The van der Waals surface area contributed by atoms with Crippen LogP contribution in [0.2, 0.25) is 0 Å². The van der Waals surface area contributed by atoms with Crippen LogP contribution in [0.1, 0.15) is 5.56 Å². The predicted molar refractivity (Wildman–Crippen MR) is 95.7 cm³/mol. The van der Waals surface area contributed by atoms with Crippen molar-refractivity contribution in [3.63, 3.8) is 0 Å². The molecule has 1 heterocycles. The molecule has 0 atom stereocenters. The van der Waals surface area contributed by atoms with Gasteiger partial charge >= 0.3 is 0 Å². The summed E-state index contributed by atoms with van der Waals surface area (Å²) in [7, 11) is 1.59. The lowest BCUT2D eigenvalue weighted by Gasteiger charge is -2.04. The molecule has 0 spiro atoms. The van der Waals surface area contributed by atoms with E-state index < -0.39 is 5.91 Å². The summed E-state index contributed by atoms with van der Waals surface area (Å²) in [5.74, 6) is 0.183. The average molecular weight is 338 g/mol. The van der Waals surface area contributed by atoms with Crippen molar-refractivity contribution >= 4 is 28.2 Å². The standard InChI is InChI=1S/C18H18N4O3/c1-11-4-3-5-14-16(11)20-18(24)17(14)22-21-15(23)10-19-12-6-8-13(25-2)9-7-12/h3-9,19-20,24H,10H2,1-2H3. The first-order valence-electron chi connectivity index (χ1n) is 7.71. The van der Waals surface area contributed by atoms with Gasteiger partial charge in [0.1, 0.15) is 5.75 Å². The number of carbonyl (C=O) groups is 1. The molecule has 0 unspecified atom stereocenters. The lowest BCUT2D eigenvalue weighted by molar-refractivity contribution is -0.116. The quantitative estimate of drug-likeness (QED) is 0.614. The molecule has 0 radical (unpaired) electrons. The summed E-state index contributed by atoms with van der Waals surface area (Å²) in [5.41, 5.74) is 2.78. The summed E-state index contributed by atoms with van der Waals surface area (Å²) in [6.45, 7) is 1.92. The Morgan fingerprint density at radius 3 is 2.72 bits per heavy atom. The number of fused-ring (bicyclic) bond motifs is 1. The zero-order chi connectivity index (χ0) is 17.8. The molecule has 0 saturated carbocycles. The fraction of sp³-hybridized carbons (Fsp3) is 0.167. The highest BCUT2D eigenvalue weighted by Gasteiger charge is 2.12. The molecule has 0 aliphatic carbocycles. The third-order valence-corrected chi connectivity index (χ3v) is 3.79. The third-order valence-electron chi connectivity index (χ3n) is 3.79. The van der Waals surface area contributed by atoms with Crippen molar-refractivity contribution in [1.82, 2.24) is 4.98 Å². The van der Waals surface area contributed by atoms with Crippen molar-refractivity contribution in [3.8, 4) is 11.6 Å².